The van der Waals surface area contributed by atoms with Crippen molar-refractivity contribution < 1.29 is 4.74 Å². The van der Waals surface area contributed by atoms with Crippen molar-refractivity contribution in [3.05, 3.63) is 38.5 Å². The molecule has 1 heterocycles. The van der Waals surface area contributed by atoms with Crippen LogP contribution >= 0.6 is 31.9 Å². The summed E-state index contributed by atoms with van der Waals surface area (Å²) in [6.07, 6.45) is 1.97. The number of aryl methyl sites for hydroxylation is 2. The first-order valence-electron chi connectivity index (χ1n) is 6.36. The lowest BCUT2D eigenvalue weighted by molar-refractivity contribution is 0.334. The van der Waals surface area contributed by atoms with E-state index in [-0.39, 0.29) is 0 Å². The molecule has 2 rings (SSSR count). The maximum atomic E-state index is 5.72. The molecule has 0 unspecified atom stereocenters. The summed E-state index contributed by atoms with van der Waals surface area (Å²) in [6, 6.07) is 4.05. The second-order valence-corrected chi connectivity index (χ2v) is 6.23. The SMILES string of the molecule is CCOc1c(Br)cc(Br)cc1CNc1cn(C)nc1C. The van der Waals surface area contributed by atoms with Crippen LogP contribution in [0.5, 0.6) is 5.75 Å². The highest BCUT2D eigenvalue weighted by molar-refractivity contribution is 9.11. The number of rotatable bonds is 5. The van der Waals surface area contributed by atoms with Crippen molar-refractivity contribution in [2.45, 2.75) is 20.4 Å². The summed E-state index contributed by atoms with van der Waals surface area (Å²) in [7, 11) is 1.92. The molecule has 0 fully saturated rings. The van der Waals surface area contributed by atoms with Crippen molar-refractivity contribution in [1.29, 1.82) is 0 Å². The third-order valence-electron chi connectivity index (χ3n) is 2.86. The molecule has 0 aliphatic heterocycles. The van der Waals surface area contributed by atoms with Gasteiger partial charge in [-0.2, -0.15) is 5.10 Å². The molecule has 0 saturated carbocycles. The number of nitrogens with one attached hydrogen (secondary N) is 1. The Morgan fingerprint density at radius 3 is 2.70 bits per heavy atom. The second-order valence-electron chi connectivity index (χ2n) is 4.46. The lowest BCUT2D eigenvalue weighted by atomic mass is 10.2. The van der Waals surface area contributed by atoms with Crippen LogP contribution in [0.15, 0.2) is 27.3 Å². The van der Waals surface area contributed by atoms with Gasteiger partial charge < -0.3 is 10.1 Å². The maximum Gasteiger partial charge on any atom is 0.138 e. The molecule has 1 N–H and O–H groups in total. The van der Waals surface area contributed by atoms with Gasteiger partial charge in [0.05, 0.1) is 22.5 Å². The summed E-state index contributed by atoms with van der Waals surface area (Å²) >= 11 is 7.06. The van der Waals surface area contributed by atoms with Crippen LogP contribution in [0.25, 0.3) is 0 Å². The predicted molar refractivity (Wildman–Crippen MR) is 88.3 cm³/mol. The Kier molecular flexibility index (Phi) is 5.10. The number of ether oxygens (including phenoxy) is 1. The van der Waals surface area contributed by atoms with Crippen molar-refractivity contribution >= 4 is 37.5 Å². The molecular formula is C14H17Br2N3O. The van der Waals surface area contributed by atoms with Gasteiger partial charge in [0, 0.05) is 29.8 Å². The van der Waals surface area contributed by atoms with E-state index in [2.05, 4.69) is 48.3 Å². The quantitative estimate of drug-likeness (QED) is 0.811. The van der Waals surface area contributed by atoms with E-state index in [4.69, 9.17) is 4.74 Å². The molecule has 20 heavy (non-hydrogen) atoms. The Labute approximate surface area is 135 Å². The summed E-state index contributed by atoms with van der Waals surface area (Å²) in [6.45, 7) is 5.29. The summed E-state index contributed by atoms with van der Waals surface area (Å²) < 4.78 is 9.49. The van der Waals surface area contributed by atoms with Gasteiger partial charge in [-0.15, -0.1) is 0 Å². The van der Waals surface area contributed by atoms with Gasteiger partial charge in [-0.3, -0.25) is 4.68 Å². The van der Waals surface area contributed by atoms with E-state index in [1.54, 1.807) is 4.68 Å². The van der Waals surface area contributed by atoms with Gasteiger partial charge in [-0.05, 0) is 41.9 Å². The van der Waals surface area contributed by atoms with Crippen LogP contribution in [0.2, 0.25) is 0 Å². The van der Waals surface area contributed by atoms with Gasteiger partial charge in [0.1, 0.15) is 5.75 Å². The van der Waals surface area contributed by atoms with E-state index in [0.717, 1.165) is 31.6 Å². The fourth-order valence-corrected chi connectivity index (χ4v) is 3.44. The highest BCUT2D eigenvalue weighted by Gasteiger charge is 2.11. The normalized spacial score (nSPS) is 10.7. The number of hydrogen-bond acceptors (Lipinski definition) is 3. The Bertz CT molecular complexity index is 611. The second kappa shape index (κ2) is 6.63. The molecule has 0 aliphatic carbocycles. The first kappa shape index (κ1) is 15.4. The molecule has 6 heteroatoms. The van der Waals surface area contributed by atoms with Crippen molar-refractivity contribution in [3.63, 3.8) is 0 Å². The molecule has 1 aromatic heterocycles. The molecular weight excluding hydrogens is 386 g/mol. The predicted octanol–water partition coefficient (Wildman–Crippen LogP) is 4.26. The van der Waals surface area contributed by atoms with Gasteiger partial charge in [0.15, 0.2) is 0 Å². The van der Waals surface area contributed by atoms with Gasteiger partial charge in [-0.25, -0.2) is 0 Å². The van der Waals surface area contributed by atoms with Gasteiger partial charge >= 0.3 is 0 Å². The number of halogens is 2. The fraction of sp³-hybridized carbons (Fsp3) is 0.357. The monoisotopic (exact) mass is 401 g/mol. The zero-order valence-corrected chi connectivity index (χ0v) is 14.9. The lowest BCUT2D eigenvalue weighted by Gasteiger charge is -2.14. The number of anilines is 1. The van der Waals surface area contributed by atoms with Crippen molar-refractivity contribution in [2.24, 2.45) is 7.05 Å². The average Bonchev–Trinajstić information content (AvgIpc) is 2.69. The van der Waals surface area contributed by atoms with Crippen molar-refractivity contribution in [2.75, 3.05) is 11.9 Å². The molecule has 0 bridgehead atoms. The Morgan fingerprint density at radius 2 is 2.10 bits per heavy atom. The third kappa shape index (κ3) is 3.55. The maximum absolute atomic E-state index is 5.72. The smallest absolute Gasteiger partial charge is 0.138 e. The first-order chi connectivity index (χ1) is 9.51. The van der Waals surface area contributed by atoms with E-state index in [0.29, 0.717) is 13.2 Å². The third-order valence-corrected chi connectivity index (χ3v) is 3.90. The standard InChI is InChI=1S/C14H17Br2N3O/c1-4-20-14-10(5-11(15)6-12(14)16)7-17-13-8-19(3)18-9(13)2/h5-6,8,17H,4,7H2,1-3H3. The lowest BCUT2D eigenvalue weighted by Crippen LogP contribution is -2.04. The topological polar surface area (TPSA) is 39.1 Å². The minimum atomic E-state index is 0.638. The minimum Gasteiger partial charge on any atom is -0.492 e. The molecule has 0 atom stereocenters. The molecule has 1 aromatic carbocycles. The van der Waals surface area contributed by atoms with Crippen LogP contribution in [0, 0.1) is 6.92 Å². The van der Waals surface area contributed by atoms with E-state index in [9.17, 15) is 0 Å². The zero-order valence-electron chi connectivity index (χ0n) is 11.7. The summed E-state index contributed by atoms with van der Waals surface area (Å²) in [4.78, 5) is 0. The van der Waals surface area contributed by atoms with Crippen LogP contribution in [0.1, 0.15) is 18.2 Å². The molecule has 0 spiro atoms. The summed E-state index contributed by atoms with van der Waals surface area (Å²) in [5.74, 6) is 0.879. The van der Waals surface area contributed by atoms with Crippen LogP contribution in [0.3, 0.4) is 0 Å². The van der Waals surface area contributed by atoms with E-state index in [1.165, 1.54) is 0 Å². The van der Waals surface area contributed by atoms with E-state index < -0.39 is 0 Å². The highest BCUT2D eigenvalue weighted by atomic mass is 79.9. The van der Waals surface area contributed by atoms with Crippen LogP contribution in [-0.4, -0.2) is 16.4 Å². The number of nitrogens with zero attached hydrogens (tertiary/aromatic N) is 2. The first-order valence-corrected chi connectivity index (χ1v) is 7.94. The molecule has 108 valence electrons. The Morgan fingerprint density at radius 1 is 1.35 bits per heavy atom. The largest absolute Gasteiger partial charge is 0.492 e. The molecule has 0 saturated heterocycles. The Hall–Kier alpha value is -1.01. The number of hydrogen-bond donors (Lipinski definition) is 1. The Balaban J connectivity index is 2.22. The number of benzene rings is 1. The number of aromatic nitrogens is 2. The van der Waals surface area contributed by atoms with Gasteiger partial charge in [0.2, 0.25) is 0 Å². The summed E-state index contributed by atoms with van der Waals surface area (Å²) in [5.41, 5.74) is 3.11. The molecule has 2 aromatic rings. The molecule has 0 aliphatic rings. The van der Waals surface area contributed by atoms with E-state index >= 15 is 0 Å². The minimum absolute atomic E-state index is 0.638. The van der Waals surface area contributed by atoms with Gasteiger partial charge in [0.25, 0.3) is 0 Å². The van der Waals surface area contributed by atoms with Crippen LogP contribution in [0.4, 0.5) is 5.69 Å². The van der Waals surface area contributed by atoms with Crippen molar-refractivity contribution in [1.82, 2.24) is 9.78 Å². The van der Waals surface area contributed by atoms with E-state index in [1.807, 2.05) is 33.2 Å². The van der Waals surface area contributed by atoms with Crippen LogP contribution < -0.4 is 10.1 Å². The zero-order chi connectivity index (χ0) is 14.7. The van der Waals surface area contributed by atoms with Gasteiger partial charge in [-0.1, -0.05) is 15.9 Å². The molecule has 0 radical (unpaired) electrons. The van der Waals surface area contributed by atoms with Crippen LogP contribution in [-0.2, 0) is 13.6 Å². The summed E-state index contributed by atoms with van der Waals surface area (Å²) in [5, 5.41) is 7.72. The van der Waals surface area contributed by atoms with Crippen molar-refractivity contribution in [3.8, 4) is 5.75 Å². The molecule has 4 nitrogen and oxygen atoms in total. The highest BCUT2D eigenvalue weighted by Crippen LogP contribution is 2.33. The average molecular weight is 403 g/mol. The molecule has 0 amide bonds. The fourth-order valence-electron chi connectivity index (χ4n) is 2.01.